The molecule has 0 unspecified atom stereocenters. The van der Waals surface area contributed by atoms with E-state index in [0.717, 1.165) is 18.5 Å². The van der Waals surface area contributed by atoms with E-state index in [1.165, 1.54) is 19.2 Å². The maximum Gasteiger partial charge on any atom is 0.216 e. The third-order valence-electron chi connectivity index (χ3n) is 3.75. The van der Waals surface area contributed by atoms with Crippen LogP contribution < -0.4 is 16.0 Å². The molecule has 2 heterocycles. The van der Waals surface area contributed by atoms with Crippen molar-refractivity contribution in [1.29, 1.82) is 0 Å². The molecule has 110 valence electrons. The lowest BCUT2D eigenvalue weighted by atomic mass is 10.0. The molecule has 0 saturated heterocycles. The number of nitrogen functional groups attached to an aromatic ring is 1. The van der Waals surface area contributed by atoms with Gasteiger partial charge in [0.05, 0.1) is 7.11 Å². The maximum absolute atomic E-state index is 5.52. The Morgan fingerprint density at radius 3 is 2.71 bits per heavy atom. The fraction of sp³-hybridized carbons (Fsp3) is 0.429. The molecule has 1 aliphatic rings. The molecule has 1 saturated carbocycles. The van der Waals surface area contributed by atoms with Gasteiger partial charge in [-0.05, 0) is 12.8 Å². The second kappa shape index (κ2) is 6.01. The van der Waals surface area contributed by atoms with Gasteiger partial charge in [0.25, 0.3) is 0 Å². The van der Waals surface area contributed by atoms with Crippen molar-refractivity contribution in [2.24, 2.45) is 5.84 Å². The number of aromatic nitrogens is 4. The van der Waals surface area contributed by atoms with Crippen molar-refractivity contribution in [2.75, 3.05) is 12.5 Å². The zero-order valence-electron chi connectivity index (χ0n) is 11.9. The van der Waals surface area contributed by atoms with E-state index in [1.807, 2.05) is 6.07 Å². The van der Waals surface area contributed by atoms with Crippen molar-refractivity contribution in [3.63, 3.8) is 0 Å². The average Bonchev–Trinajstić information content (AvgIpc) is 3.09. The predicted molar refractivity (Wildman–Crippen MR) is 78.6 cm³/mol. The predicted octanol–water partition coefficient (Wildman–Crippen LogP) is 1.89. The van der Waals surface area contributed by atoms with Gasteiger partial charge in [-0.1, -0.05) is 12.8 Å². The largest absolute Gasteiger partial charge is 0.481 e. The molecule has 7 heteroatoms. The lowest BCUT2D eigenvalue weighted by Gasteiger charge is -2.12. The summed E-state index contributed by atoms with van der Waals surface area (Å²) in [6.07, 6.45) is 6.25. The molecular formula is C14H18N6O. The standard InChI is InChI=1S/C14H18N6O/c1-21-13-7-11(16-8-17-13)14-18-10(6-12(19-14)20-15)9-4-2-3-5-9/h6-9H,2-5,15H2,1H3,(H,18,19,20). The fourth-order valence-electron chi connectivity index (χ4n) is 2.66. The van der Waals surface area contributed by atoms with E-state index in [4.69, 9.17) is 10.6 Å². The molecule has 0 aliphatic heterocycles. The first-order valence-corrected chi connectivity index (χ1v) is 7.02. The van der Waals surface area contributed by atoms with Gasteiger partial charge >= 0.3 is 0 Å². The molecule has 0 bridgehead atoms. The van der Waals surface area contributed by atoms with E-state index in [-0.39, 0.29) is 0 Å². The SMILES string of the molecule is COc1cc(-c2nc(NN)cc(C3CCCC3)n2)ncn1. The molecule has 21 heavy (non-hydrogen) atoms. The van der Waals surface area contributed by atoms with E-state index in [0.29, 0.717) is 29.1 Å². The molecular weight excluding hydrogens is 268 g/mol. The quantitative estimate of drug-likeness (QED) is 0.654. The Morgan fingerprint density at radius 2 is 2.00 bits per heavy atom. The van der Waals surface area contributed by atoms with E-state index >= 15 is 0 Å². The van der Waals surface area contributed by atoms with Crippen molar-refractivity contribution >= 4 is 5.82 Å². The molecule has 0 spiro atoms. The van der Waals surface area contributed by atoms with Crippen molar-refractivity contribution in [2.45, 2.75) is 31.6 Å². The number of nitrogens with one attached hydrogen (secondary N) is 1. The van der Waals surface area contributed by atoms with Gasteiger partial charge < -0.3 is 10.2 Å². The van der Waals surface area contributed by atoms with Crippen LogP contribution in [0.5, 0.6) is 5.88 Å². The summed E-state index contributed by atoms with van der Waals surface area (Å²) >= 11 is 0. The number of nitrogens with two attached hydrogens (primary N) is 1. The third-order valence-corrected chi connectivity index (χ3v) is 3.75. The van der Waals surface area contributed by atoms with E-state index < -0.39 is 0 Å². The summed E-state index contributed by atoms with van der Waals surface area (Å²) < 4.78 is 5.12. The van der Waals surface area contributed by atoms with Gasteiger partial charge in [0.1, 0.15) is 17.8 Å². The van der Waals surface area contributed by atoms with Crippen LogP contribution in [0.4, 0.5) is 5.82 Å². The summed E-state index contributed by atoms with van der Waals surface area (Å²) in [5.41, 5.74) is 4.24. The van der Waals surface area contributed by atoms with Crippen molar-refractivity contribution in [1.82, 2.24) is 19.9 Å². The lowest BCUT2D eigenvalue weighted by molar-refractivity contribution is 0.397. The second-order valence-corrected chi connectivity index (χ2v) is 5.07. The molecule has 3 N–H and O–H groups in total. The highest BCUT2D eigenvalue weighted by Gasteiger charge is 2.20. The number of hydrogen-bond acceptors (Lipinski definition) is 7. The third kappa shape index (κ3) is 2.92. The minimum atomic E-state index is 0.475. The van der Waals surface area contributed by atoms with Crippen molar-refractivity contribution in [3.05, 3.63) is 24.2 Å². The van der Waals surface area contributed by atoms with Gasteiger partial charge in [-0.15, -0.1) is 0 Å². The molecule has 1 aliphatic carbocycles. The minimum absolute atomic E-state index is 0.475. The Balaban J connectivity index is 2.02. The minimum Gasteiger partial charge on any atom is -0.481 e. The van der Waals surface area contributed by atoms with Crippen LogP contribution in [-0.4, -0.2) is 27.0 Å². The second-order valence-electron chi connectivity index (χ2n) is 5.07. The summed E-state index contributed by atoms with van der Waals surface area (Å²) in [5.74, 6) is 7.61. The van der Waals surface area contributed by atoms with Gasteiger partial charge in [-0.25, -0.2) is 25.8 Å². The number of hydrogen-bond donors (Lipinski definition) is 2. The Hall–Kier alpha value is -2.28. The number of anilines is 1. The van der Waals surface area contributed by atoms with Gasteiger partial charge in [0.15, 0.2) is 5.82 Å². The Kier molecular flexibility index (Phi) is 3.92. The molecule has 0 radical (unpaired) electrons. The summed E-state index contributed by atoms with van der Waals surface area (Å²) in [5, 5.41) is 0. The van der Waals surface area contributed by atoms with Crippen LogP contribution in [0, 0.1) is 0 Å². The summed E-state index contributed by atoms with van der Waals surface area (Å²) in [6, 6.07) is 3.63. The van der Waals surface area contributed by atoms with Gasteiger partial charge in [0, 0.05) is 23.7 Å². The normalized spacial score (nSPS) is 15.1. The molecule has 3 rings (SSSR count). The smallest absolute Gasteiger partial charge is 0.216 e. The summed E-state index contributed by atoms with van der Waals surface area (Å²) in [6.45, 7) is 0. The fourth-order valence-corrected chi connectivity index (χ4v) is 2.66. The average molecular weight is 286 g/mol. The Morgan fingerprint density at radius 1 is 1.19 bits per heavy atom. The first-order chi connectivity index (χ1) is 10.3. The molecule has 7 nitrogen and oxygen atoms in total. The molecule has 0 aromatic carbocycles. The highest BCUT2D eigenvalue weighted by molar-refractivity contribution is 5.54. The Bertz CT molecular complexity index is 627. The van der Waals surface area contributed by atoms with Crippen LogP contribution in [0.25, 0.3) is 11.5 Å². The van der Waals surface area contributed by atoms with Gasteiger partial charge in [-0.2, -0.15) is 0 Å². The lowest BCUT2D eigenvalue weighted by Crippen LogP contribution is -2.11. The summed E-state index contributed by atoms with van der Waals surface area (Å²) in [7, 11) is 1.56. The number of rotatable bonds is 4. The zero-order chi connectivity index (χ0) is 14.7. The molecule has 2 aromatic heterocycles. The first-order valence-electron chi connectivity index (χ1n) is 7.02. The summed E-state index contributed by atoms with van der Waals surface area (Å²) in [4.78, 5) is 17.2. The van der Waals surface area contributed by atoms with Crippen molar-refractivity contribution in [3.8, 4) is 17.4 Å². The molecule has 1 fully saturated rings. The van der Waals surface area contributed by atoms with Crippen LogP contribution in [0.1, 0.15) is 37.3 Å². The highest BCUT2D eigenvalue weighted by atomic mass is 16.5. The number of ether oxygens (including phenoxy) is 1. The highest BCUT2D eigenvalue weighted by Crippen LogP contribution is 2.34. The first kappa shape index (κ1) is 13.7. The van der Waals surface area contributed by atoms with Crippen LogP contribution in [0.15, 0.2) is 18.5 Å². The van der Waals surface area contributed by atoms with Gasteiger partial charge in [-0.3, -0.25) is 0 Å². The van der Waals surface area contributed by atoms with Crippen LogP contribution in [-0.2, 0) is 0 Å². The van der Waals surface area contributed by atoms with Crippen LogP contribution >= 0.6 is 0 Å². The Labute approximate surface area is 123 Å². The zero-order valence-corrected chi connectivity index (χ0v) is 11.9. The van der Waals surface area contributed by atoms with Crippen molar-refractivity contribution < 1.29 is 4.74 Å². The maximum atomic E-state index is 5.52. The number of methoxy groups -OCH3 is 1. The molecule has 0 amide bonds. The van der Waals surface area contributed by atoms with E-state index in [1.54, 1.807) is 13.2 Å². The van der Waals surface area contributed by atoms with E-state index in [9.17, 15) is 0 Å². The number of nitrogens with zero attached hydrogens (tertiary/aromatic N) is 4. The topological polar surface area (TPSA) is 98.8 Å². The van der Waals surface area contributed by atoms with Crippen LogP contribution in [0.2, 0.25) is 0 Å². The molecule has 2 aromatic rings. The van der Waals surface area contributed by atoms with Crippen LogP contribution in [0.3, 0.4) is 0 Å². The van der Waals surface area contributed by atoms with E-state index in [2.05, 4.69) is 25.4 Å². The number of hydrazine groups is 1. The molecule has 0 atom stereocenters. The monoisotopic (exact) mass is 286 g/mol. The van der Waals surface area contributed by atoms with Gasteiger partial charge in [0.2, 0.25) is 5.88 Å².